The highest BCUT2D eigenvalue weighted by molar-refractivity contribution is 6.30. The molecular weight excluding hydrogens is 328 g/mol. The van der Waals surface area contributed by atoms with Gasteiger partial charge in [-0.25, -0.2) is 0 Å². The van der Waals surface area contributed by atoms with Gasteiger partial charge in [-0.05, 0) is 37.0 Å². The van der Waals surface area contributed by atoms with E-state index in [0.717, 1.165) is 36.1 Å². The summed E-state index contributed by atoms with van der Waals surface area (Å²) in [7, 11) is 0. The second kappa shape index (κ2) is 7.34. The Labute approximate surface area is 146 Å². The third-order valence-electron chi connectivity index (χ3n) is 4.86. The van der Waals surface area contributed by atoms with Gasteiger partial charge < -0.3 is 5.32 Å². The summed E-state index contributed by atoms with van der Waals surface area (Å²) >= 11 is 5.92. The summed E-state index contributed by atoms with van der Waals surface area (Å²) in [6, 6.07) is 7.46. The molecule has 1 aromatic carbocycles. The Morgan fingerprint density at radius 2 is 1.83 bits per heavy atom. The number of halogens is 1. The van der Waals surface area contributed by atoms with Crippen LogP contribution in [-0.4, -0.2) is 35.7 Å². The van der Waals surface area contributed by atoms with Crippen molar-refractivity contribution in [2.45, 2.75) is 32.1 Å². The molecule has 1 saturated carbocycles. The van der Waals surface area contributed by atoms with Crippen LogP contribution in [0.4, 0.5) is 0 Å². The zero-order valence-corrected chi connectivity index (χ0v) is 14.2. The highest BCUT2D eigenvalue weighted by atomic mass is 35.5. The van der Waals surface area contributed by atoms with Gasteiger partial charge in [0, 0.05) is 11.6 Å². The van der Waals surface area contributed by atoms with Gasteiger partial charge in [0.25, 0.3) is 0 Å². The van der Waals surface area contributed by atoms with Crippen LogP contribution in [-0.2, 0) is 20.8 Å². The molecule has 1 aliphatic heterocycles. The lowest BCUT2D eigenvalue weighted by Gasteiger charge is -2.19. The summed E-state index contributed by atoms with van der Waals surface area (Å²) in [5.74, 6) is -1.04. The molecule has 0 radical (unpaired) electrons. The van der Waals surface area contributed by atoms with Crippen molar-refractivity contribution in [2.24, 2.45) is 11.8 Å². The maximum absolute atomic E-state index is 12.3. The number of nitrogens with zero attached hydrogens (tertiary/aromatic N) is 1. The molecular formula is C18H21ClN2O3. The van der Waals surface area contributed by atoms with Gasteiger partial charge in [0.05, 0.1) is 11.8 Å². The molecule has 3 rings (SSSR count). The van der Waals surface area contributed by atoms with Crippen molar-refractivity contribution >= 4 is 29.3 Å². The van der Waals surface area contributed by atoms with Gasteiger partial charge in [0.15, 0.2) is 0 Å². The van der Waals surface area contributed by atoms with E-state index >= 15 is 0 Å². The van der Waals surface area contributed by atoms with Crippen molar-refractivity contribution in [3.05, 3.63) is 34.9 Å². The minimum atomic E-state index is -0.294. The van der Waals surface area contributed by atoms with Crippen molar-refractivity contribution in [3.8, 4) is 0 Å². The van der Waals surface area contributed by atoms with Crippen molar-refractivity contribution in [2.75, 3.05) is 13.1 Å². The van der Waals surface area contributed by atoms with E-state index in [9.17, 15) is 14.4 Å². The fourth-order valence-electron chi connectivity index (χ4n) is 3.63. The smallest absolute Gasteiger partial charge is 0.240 e. The molecule has 1 heterocycles. The van der Waals surface area contributed by atoms with E-state index in [1.54, 1.807) is 6.07 Å². The van der Waals surface area contributed by atoms with Crippen molar-refractivity contribution in [3.63, 3.8) is 0 Å². The minimum Gasteiger partial charge on any atom is -0.354 e. The highest BCUT2D eigenvalue weighted by Gasteiger charge is 2.48. The third kappa shape index (κ3) is 3.61. The van der Waals surface area contributed by atoms with E-state index in [-0.39, 0.29) is 36.1 Å². The summed E-state index contributed by atoms with van der Waals surface area (Å²) in [6.45, 7) is 0.280. The molecule has 5 nitrogen and oxygen atoms in total. The van der Waals surface area contributed by atoms with E-state index in [0.29, 0.717) is 18.0 Å². The van der Waals surface area contributed by atoms with E-state index in [2.05, 4.69) is 5.32 Å². The first-order valence-electron chi connectivity index (χ1n) is 8.42. The van der Waals surface area contributed by atoms with Crippen LogP contribution in [0.2, 0.25) is 5.02 Å². The summed E-state index contributed by atoms with van der Waals surface area (Å²) in [5, 5.41) is 3.43. The molecule has 1 saturated heterocycles. The number of fused-ring (bicyclic) bond motifs is 1. The predicted molar refractivity (Wildman–Crippen MR) is 90.3 cm³/mol. The molecule has 128 valence electrons. The van der Waals surface area contributed by atoms with Crippen LogP contribution in [0.5, 0.6) is 0 Å². The Bertz CT molecular complexity index is 637. The van der Waals surface area contributed by atoms with E-state index in [4.69, 9.17) is 11.6 Å². The maximum Gasteiger partial charge on any atom is 0.240 e. The van der Waals surface area contributed by atoms with Gasteiger partial charge >= 0.3 is 0 Å². The average Bonchev–Trinajstić information content (AvgIpc) is 2.80. The monoisotopic (exact) mass is 348 g/mol. The Kier molecular flexibility index (Phi) is 5.19. The Morgan fingerprint density at radius 1 is 1.17 bits per heavy atom. The van der Waals surface area contributed by atoms with Crippen molar-refractivity contribution < 1.29 is 14.4 Å². The van der Waals surface area contributed by atoms with Crippen molar-refractivity contribution in [1.29, 1.82) is 0 Å². The van der Waals surface area contributed by atoms with Crippen LogP contribution in [0.1, 0.15) is 31.2 Å². The number of amides is 3. The molecule has 0 aromatic heterocycles. The number of nitrogens with one attached hydrogen (secondary N) is 1. The van der Waals surface area contributed by atoms with Gasteiger partial charge in [-0.15, -0.1) is 0 Å². The molecule has 3 amide bonds. The van der Waals surface area contributed by atoms with Crippen molar-refractivity contribution in [1.82, 2.24) is 10.2 Å². The average molecular weight is 349 g/mol. The molecule has 2 atom stereocenters. The molecule has 24 heavy (non-hydrogen) atoms. The molecule has 2 fully saturated rings. The first-order chi connectivity index (χ1) is 11.6. The van der Waals surface area contributed by atoms with Crippen LogP contribution >= 0.6 is 11.6 Å². The van der Waals surface area contributed by atoms with Crippen LogP contribution in [0.15, 0.2) is 24.3 Å². The summed E-state index contributed by atoms with van der Waals surface area (Å²) in [4.78, 5) is 37.9. The summed E-state index contributed by atoms with van der Waals surface area (Å²) in [5.41, 5.74) is 1.03. The van der Waals surface area contributed by atoms with Crippen LogP contribution in [0.25, 0.3) is 0 Å². The Morgan fingerprint density at radius 3 is 2.46 bits per heavy atom. The van der Waals surface area contributed by atoms with E-state index in [1.165, 1.54) is 0 Å². The number of rotatable bonds is 5. The number of hydrogen-bond acceptors (Lipinski definition) is 3. The molecule has 1 aliphatic carbocycles. The van der Waals surface area contributed by atoms with E-state index < -0.39 is 0 Å². The SMILES string of the molecule is O=C(CN1C(=O)[C@H]2CCCC[C@H]2C1=O)NCCc1cccc(Cl)c1. The second-order valence-corrected chi connectivity index (χ2v) is 6.93. The molecule has 6 heteroatoms. The predicted octanol–water partition coefficient (Wildman–Crippen LogP) is 2.17. The van der Waals surface area contributed by atoms with E-state index in [1.807, 2.05) is 18.2 Å². The number of benzene rings is 1. The van der Waals surface area contributed by atoms with Gasteiger partial charge in [0.2, 0.25) is 17.7 Å². The second-order valence-electron chi connectivity index (χ2n) is 6.49. The number of carbonyl (C=O) groups is 3. The van der Waals surface area contributed by atoms with Gasteiger partial charge in [-0.1, -0.05) is 36.6 Å². The van der Waals surface area contributed by atoms with Crippen LogP contribution in [0, 0.1) is 11.8 Å². The molecule has 0 bridgehead atoms. The third-order valence-corrected chi connectivity index (χ3v) is 5.09. The zero-order chi connectivity index (χ0) is 17.1. The highest BCUT2D eigenvalue weighted by Crippen LogP contribution is 2.37. The standard InChI is InChI=1S/C18H21ClN2O3/c19-13-5-3-4-12(10-13)8-9-20-16(22)11-21-17(23)14-6-1-2-7-15(14)18(21)24/h3-5,10,14-15H,1-2,6-9,11H2,(H,20,22)/t14-,15+. The first-order valence-corrected chi connectivity index (χ1v) is 8.80. The number of carbonyl (C=O) groups excluding carboxylic acids is 3. The summed E-state index contributed by atoms with van der Waals surface area (Å²) in [6.07, 6.45) is 4.16. The minimum absolute atomic E-state index is 0.166. The molecule has 0 unspecified atom stereocenters. The number of likely N-dealkylation sites (tertiary alicyclic amines) is 1. The fourth-order valence-corrected chi connectivity index (χ4v) is 3.84. The molecule has 1 aromatic rings. The number of imide groups is 1. The largest absolute Gasteiger partial charge is 0.354 e. The van der Waals surface area contributed by atoms with Crippen LogP contribution < -0.4 is 5.32 Å². The lowest BCUT2D eigenvalue weighted by Crippen LogP contribution is -2.41. The Hall–Kier alpha value is -1.88. The first kappa shape index (κ1) is 17.0. The quantitative estimate of drug-likeness (QED) is 0.829. The number of hydrogen-bond donors (Lipinski definition) is 1. The molecule has 2 aliphatic rings. The molecule has 0 spiro atoms. The van der Waals surface area contributed by atoms with Gasteiger partial charge in [-0.2, -0.15) is 0 Å². The lowest BCUT2D eigenvalue weighted by molar-refractivity contribution is -0.143. The lowest BCUT2D eigenvalue weighted by atomic mass is 9.81. The zero-order valence-electron chi connectivity index (χ0n) is 13.5. The van der Waals surface area contributed by atoms with Crippen LogP contribution in [0.3, 0.4) is 0 Å². The normalized spacial score (nSPS) is 23.3. The molecule has 1 N–H and O–H groups in total. The van der Waals surface area contributed by atoms with Gasteiger partial charge in [0.1, 0.15) is 6.54 Å². The fraction of sp³-hybridized carbons (Fsp3) is 0.500. The summed E-state index contributed by atoms with van der Waals surface area (Å²) < 4.78 is 0. The maximum atomic E-state index is 12.3. The van der Waals surface area contributed by atoms with Gasteiger partial charge in [-0.3, -0.25) is 19.3 Å². The topological polar surface area (TPSA) is 66.5 Å². The Balaban J connectivity index is 1.49.